The number of hydrogen-bond acceptors (Lipinski definition) is 2. The number of pyridine rings is 2. The zero-order chi connectivity index (χ0) is 17.8. The number of benzene rings is 2. The number of rotatable bonds is 0. The maximum atomic E-state index is 6.57. The van der Waals surface area contributed by atoms with Crippen molar-refractivity contribution in [3.05, 3.63) is 97.3 Å². The number of ether oxygens (including phenoxy) is 2. The lowest BCUT2D eigenvalue weighted by Crippen LogP contribution is -2.82. The fourth-order valence-corrected chi connectivity index (χ4v) is 3.97. The molecule has 4 nitrogen and oxygen atoms in total. The van der Waals surface area contributed by atoms with Gasteiger partial charge >= 0.3 is 6.03 Å². The van der Waals surface area contributed by atoms with Crippen molar-refractivity contribution in [2.75, 3.05) is 0 Å². The predicted molar refractivity (Wildman–Crippen MR) is 98.8 cm³/mol. The highest BCUT2D eigenvalue weighted by molar-refractivity contribution is 5.67. The third-order valence-corrected chi connectivity index (χ3v) is 5.14. The van der Waals surface area contributed by atoms with Crippen molar-refractivity contribution < 1.29 is 18.6 Å². The van der Waals surface area contributed by atoms with Crippen LogP contribution in [-0.2, 0) is 6.03 Å². The van der Waals surface area contributed by atoms with Crippen LogP contribution in [0.3, 0.4) is 0 Å². The van der Waals surface area contributed by atoms with Crippen molar-refractivity contribution in [2.45, 2.75) is 6.03 Å². The SMILES string of the molecule is c1ccc2c(c1)OC1(Oc3ccccc3-c3cccc[n+]31)[n+]1ccccc1-2. The van der Waals surface area contributed by atoms with Crippen molar-refractivity contribution in [2.24, 2.45) is 0 Å². The van der Waals surface area contributed by atoms with E-state index in [-0.39, 0.29) is 0 Å². The van der Waals surface area contributed by atoms with E-state index in [2.05, 4.69) is 33.4 Å². The van der Waals surface area contributed by atoms with Crippen LogP contribution in [0, 0.1) is 0 Å². The fourth-order valence-electron chi connectivity index (χ4n) is 3.97. The van der Waals surface area contributed by atoms with Crippen LogP contribution in [0.5, 0.6) is 11.5 Å². The molecule has 6 rings (SSSR count). The summed E-state index contributed by atoms with van der Waals surface area (Å²) in [6.45, 7) is 0. The first-order valence-corrected chi connectivity index (χ1v) is 8.96. The number of fused-ring (bicyclic) bond motifs is 8. The Morgan fingerprint density at radius 3 is 1.48 bits per heavy atom. The molecule has 0 fully saturated rings. The van der Waals surface area contributed by atoms with Gasteiger partial charge in [0.25, 0.3) is 0 Å². The Hall–Kier alpha value is -3.66. The van der Waals surface area contributed by atoms with E-state index in [1.165, 1.54) is 0 Å². The lowest BCUT2D eigenvalue weighted by Gasteiger charge is -2.31. The summed E-state index contributed by atoms with van der Waals surface area (Å²) in [5.74, 6) is 1.59. The Bertz CT molecular complexity index is 1110. The van der Waals surface area contributed by atoms with Gasteiger partial charge in [-0.1, -0.05) is 33.4 Å². The van der Waals surface area contributed by atoms with Crippen LogP contribution in [0.25, 0.3) is 22.5 Å². The monoisotopic (exact) mass is 352 g/mol. The van der Waals surface area contributed by atoms with Gasteiger partial charge in [0.15, 0.2) is 23.9 Å². The van der Waals surface area contributed by atoms with E-state index in [1.54, 1.807) is 0 Å². The molecule has 2 aromatic heterocycles. The van der Waals surface area contributed by atoms with Gasteiger partial charge in [-0.2, -0.15) is 0 Å². The summed E-state index contributed by atoms with van der Waals surface area (Å²) in [6.07, 6.45) is 4.01. The number of aromatic nitrogens is 2. The first-order chi connectivity index (χ1) is 13.4. The van der Waals surface area contributed by atoms with Crippen molar-refractivity contribution >= 4 is 0 Å². The molecule has 0 aliphatic carbocycles. The molecule has 0 radical (unpaired) electrons. The highest BCUT2D eigenvalue weighted by atomic mass is 16.7. The average Bonchev–Trinajstić information content (AvgIpc) is 2.74. The largest absolute Gasteiger partial charge is 0.714 e. The summed E-state index contributed by atoms with van der Waals surface area (Å²) >= 11 is 0. The molecule has 1 spiro atoms. The summed E-state index contributed by atoms with van der Waals surface area (Å²) in [6, 6.07) is 27.2. The summed E-state index contributed by atoms with van der Waals surface area (Å²) in [5, 5.41) is 0. The molecule has 4 aromatic rings. The number of para-hydroxylation sites is 2. The zero-order valence-corrected chi connectivity index (χ0v) is 14.4. The van der Waals surface area contributed by atoms with Crippen LogP contribution in [0.1, 0.15) is 0 Å². The van der Waals surface area contributed by atoms with Gasteiger partial charge in [-0.05, 0) is 36.4 Å². The highest BCUT2D eigenvalue weighted by Gasteiger charge is 2.65. The molecule has 0 amide bonds. The van der Waals surface area contributed by atoms with Crippen LogP contribution >= 0.6 is 0 Å². The third-order valence-electron chi connectivity index (χ3n) is 5.14. The molecular weight excluding hydrogens is 336 g/mol. The smallest absolute Gasteiger partial charge is 0.340 e. The summed E-state index contributed by atoms with van der Waals surface area (Å²) in [5.41, 5.74) is 4.18. The summed E-state index contributed by atoms with van der Waals surface area (Å²) in [7, 11) is 0. The van der Waals surface area contributed by atoms with Crippen LogP contribution in [0.15, 0.2) is 97.3 Å². The molecule has 0 N–H and O–H groups in total. The molecule has 27 heavy (non-hydrogen) atoms. The normalized spacial score (nSPS) is 14.8. The second-order valence-corrected chi connectivity index (χ2v) is 6.66. The van der Waals surface area contributed by atoms with Crippen LogP contribution in [0.2, 0.25) is 0 Å². The van der Waals surface area contributed by atoms with Gasteiger partial charge in [0.05, 0.1) is 11.1 Å². The Kier molecular flexibility index (Phi) is 2.78. The second kappa shape index (κ2) is 5.17. The minimum absolute atomic E-state index is 0.797. The first-order valence-electron chi connectivity index (χ1n) is 8.96. The molecular formula is C23H16N2O2+2. The average molecular weight is 352 g/mol. The van der Waals surface area contributed by atoms with Crippen LogP contribution in [-0.4, -0.2) is 0 Å². The molecule has 0 bridgehead atoms. The highest BCUT2D eigenvalue weighted by Crippen LogP contribution is 2.40. The molecule has 128 valence electrons. The van der Waals surface area contributed by atoms with E-state index in [9.17, 15) is 0 Å². The van der Waals surface area contributed by atoms with Crippen LogP contribution in [0.4, 0.5) is 0 Å². The van der Waals surface area contributed by atoms with Crippen LogP contribution < -0.4 is 18.6 Å². The van der Waals surface area contributed by atoms with E-state index < -0.39 is 6.03 Å². The molecule has 4 heteroatoms. The van der Waals surface area contributed by atoms with E-state index in [0.717, 1.165) is 34.0 Å². The van der Waals surface area contributed by atoms with E-state index in [0.29, 0.717) is 0 Å². The molecule has 0 saturated carbocycles. The number of hydrogen-bond donors (Lipinski definition) is 0. The van der Waals surface area contributed by atoms with E-state index in [1.807, 2.05) is 73.1 Å². The predicted octanol–water partition coefficient (Wildman–Crippen LogP) is 3.50. The van der Waals surface area contributed by atoms with Crippen molar-refractivity contribution in [3.8, 4) is 34.0 Å². The van der Waals surface area contributed by atoms with E-state index in [4.69, 9.17) is 9.47 Å². The van der Waals surface area contributed by atoms with Gasteiger partial charge in [0, 0.05) is 24.3 Å². The zero-order valence-electron chi connectivity index (χ0n) is 14.4. The van der Waals surface area contributed by atoms with Crippen molar-refractivity contribution in [3.63, 3.8) is 0 Å². The van der Waals surface area contributed by atoms with Gasteiger partial charge in [0.1, 0.15) is 0 Å². The Labute approximate surface area is 156 Å². The molecule has 0 unspecified atom stereocenters. The van der Waals surface area contributed by atoms with Gasteiger partial charge < -0.3 is 9.47 Å². The molecule has 2 aliphatic heterocycles. The number of nitrogens with zero attached hydrogens (tertiary/aromatic N) is 2. The quantitative estimate of drug-likeness (QED) is 0.453. The first kappa shape index (κ1) is 14.5. The minimum atomic E-state index is -1.16. The van der Waals surface area contributed by atoms with E-state index >= 15 is 0 Å². The fraction of sp³-hybridized carbons (Fsp3) is 0.0435. The second-order valence-electron chi connectivity index (χ2n) is 6.66. The minimum Gasteiger partial charge on any atom is -0.340 e. The standard InChI is InChI=1S/C23H16N2O2/c1-3-13-21-17(9-1)19-11-5-7-15-24(19)23(26-21)25-16-8-6-12-20(25)18-10-2-4-14-22(18)27-23/h1-16H/q+2. The molecule has 0 saturated heterocycles. The Morgan fingerprint density at radius 1 is 0.519 bits per heavy atom. The lowest BCUT2D eigenvalue weighted by atomic mass is 10.1. The molecule has 0 atom stereocenters. The summed E-state index contributed by atoms with van der Waals surface area (Å²) in [4.78, 5) is 0. The van der Waals surface area contributed by atoms with Gasteiger partial charge in [0.2, 0.25) is 11.4 Å². The van der Waals surface area contributed by atoms with Crippen molar-refractivity contribution in [1.82, 2.24) is 0 Å². The lowest BCUT2D eigenvalue weighted by molar-refractivity contribution is -1.06. The van der Waals surface area contributed by atoms with Gasteiger partial charge in [-0.25, -0.2) is 0 Å². The molecule has 4 heterocycles. The van der Waals surface area contributed by atoms with Gasteiger partial charge in [-0.3, -0.25) is 0 Å². The molecule has 2 aliphatic rings. The van der Waals surface area contributed by atoms with Gasteiger partial charge in [-0.15, -0.1) is 0 Å². The Morgan fingerprint density at radius 2 is 0.963 bits per heavy atom. The topological polar surface area (TPSA) is 26.2 Å². The maximum absolute atomic E-state index is 6.57. The summed E-state index contributed by atoms with van der Waals surface area (Å²) < 4.78 is 17.2. The maximum Gasteiger partial charge on any atom is 0.714 e. The molecule has 2 aromatic carbocycles. The third kappa shape index (κ3) is 1.87. The Balaban J connectivity index is 1.71. The van der Waals surface area contributed by atoms with Crippen molar-refractivity contribution in [1.29, 1.82) is 0 Å².